The van der Waals surface area contributed by atoms with Gasteiger partial charge in [-0.05, 0) is 80.3 Å². The summed E-state index contributed by atoms with van der Waals surface area (Å²) in [7, 11) is 0. The summed E-state index contributed by atoms with van der Waals surface area (Å²) in [6, 6.07) is 11.1. The Morgan fingerprint density at radius 2 is 1.57 bits per heavy atom. The van der Waals surface area contributed by atoms with Crippen molar-refractivity contribution in [3.05, 3.63) is 83.7 Å². The van der Waals surface area contributed by atoms with Crippen molar-refractivity contribution in [3.8, 4) is 11.1 Å². The molecule has 4 atom stereocenters. The van der Waals surface area contributed by atoms with E-state index in [2.05, 4.69) is 21.3 Å². The minimum absolute atomic E-state index is 0.0688. The third-order valence-electron chi connectivity index (χ3n) is 9.75. The minimum Gasteiger partial charge on any atom is -0.387 e. The quantitative estimate of drug-likeness (QED) is 0.0872. The van der Waals surface area contributed by atoms with Crippen molar-refractivity contribution in [2.24, 2.45) is 17.1 Å². The van der Waals surface area contributed by atoms with Crippen LogP contribution >= 0.6 is 0 Å². The monoisotopic (exact) mass is 809 g/mol. The van der Waals surface area contributed by atoms with Gasteiger partial charge in [0.05, 0.1) is 6.04 Å². The maximum Gasteiger partial charge on any atom is 0.248 e. The molecular formula is C43H61F2N7O6. The van der Waals surface area contributed by atoms with Gasteiger partial charge in [-0.3, -0.25) is 24.0 Å². The van der Waals surface area contributed by atoms with Crippen molar-refractivity contribution >= 4 is 29.5 Å². The maximum absolute atomic E-state index is 15.1. The first-order chi connectivity index (χ1) is 27.4. The Hall–Kier alpha value is -5.15. The lowest BCUT2D eigenvalue weighted by Crippen LogP contribution is -2.57. The number of amides is 5. The van der Waals surface area contributed by atoms with Crippen LogP contribution in [0.25, 0.3) is 11.1 Å². The number of nitrogens with zero attached hydrogens (tertiary/aromatic N) is 2. The fraction of sp³-hybridized carbons (Fsp3) is 0.512. The molecule has 15 heteroatoms. The van der Waals surface area contributed by atoms with E-state index in [-0.39, 0.29) is 36.9 Å². The number of aliphatic hydroxyl groups is 1. The summed E-state index contributed by atoms with van der Waals surface area (Å²) < 4.78 is 31.3. The highest BCUT2D eigenvalue weighted by Crippen LogP contribution is 2.41. The predicted molar refractivity (Wildman–Crippen MR) is 219 cm³/mol. The summed E-state index contributed by atoms with van der Waals surface area (Å²) in [5.74, 6) is -4.06. The molecule has 0 saturated carbocycles. The number of hydrogen-bond donors (Lipinski definition) is 6. The standard InChI is InChI=1S/C43H61F2N7O6/c1-27(2)38(50-41(57)35(49-29(4)54)16-11-12-19-46)42(58)48-28(3)40(56)47-20-13-21-52(37(55)26-53)39(43(5,6)7)36-22-31(33-23-32(44)17-18-34(33)45)25-51(36)24-30-14-9-8-10-15-30/h8-10,14-15,17-18,22-23,25,27-28,35,38-39,53H,11-13,16,19-21,24,26,46H2,1-7H3,(H,47,56)(H,48,58)(H,49,54)(H,50,57)/t28-,35-,38?,39-/m0/s1. The molecule has 0 bridgehead atoms. The summed E-state index contributed by atoms with van der Waals surface area (Å²) in [4.78, 5) is 66.4. The Bertz CT molecular complexity index is 1850. The number of nitrogens with one attached hydrogen (secondary N) is 4. The van der Waals surface area contributed by atoms with Gasteiger partial charge in [-0.2, -0.15) is 0 Å². The zero-order valence-electron chi connectivity index (χ0n) is 34.7. The van der Waals surface area contributed by atoms with Crippen LogP contribution in [0.2, 0.25) is 0 Å². The van der Waals surface area contributed by atoms with E-state index >= 15 is 4.39 Å². The van der Waals surface area contributed by atoms with E-state index in [0.717, 1.165) is 23.8 Å². The van der Waals surface area contributed by atoms with Gasteiger partial charge in [0.25, 0.3) is 0 Å². The first-order valence-corrected chi connectivity index (χ1v) is 19.8. The van der Waals surface area contributed by atoms with Crippen molar-refractivity contribution in [1.29, 1.82) is 0 Å². The Balaban J connectivity index is 1.77. The molecule has 0 aliphatic rings. The van der Waals surface area contributed by atoms with E-state index in [1.165, 1.54) is 13.8 Å². The van der Waals surface area contributed by atoms with E-state index in [9.17, 15) is 33.5 Å². The number of aliphatic hydroxyl groups excluding tert-OH is 1. The largest absolute Gasteiger partial charge is 0.387 e. The van der Waals surface area contributed by atoms with E-state index in [1.807, 2.05) is 55.7 Å². The second kappa shape index (κ2) is 22.1. The van der Waals surface area contributed by atoms with Crippen molar-refractivity contribution in [3.63, 3.8) is 0 Å². The lowest BCUT2D eigenvalue weighted by atomic mass is 9.83. The van der Waals surface area contributed by atoms with Crippen LogP contribution in [0.4, 0.5) is 8.78 Å². The van der Waals surface area contributed by atoms with Gasteiger partial charge in [0.15, 0.2) is 0 Å². The molecule has 1 unspecified atom stereocenters. The Morgan fingerprint density at radius 3 is 2.17 bits per heavy atom. The smallest absolute Gasteiger partial charge is 0.248 e. The van der Waals surface area contributed by atoms with Crippen molar-refractivity contribution in [2.75, 3.05) is 26.2 Å². The highest BCUT2D eigenvalue weighted by Gasteiger charge is 2.37. The molecule has 3 aromatic rings. The number of unbranched alkanes of at least 4 members (excludes halogenated alkanes) is 1. The number of carbonyl (C=O) groups excluding carboxylic acids is 5. The van der Waals surface area contributed by atoms with Crippen LogP contribution in [0.3, 0.4) is 0 Å². The number of aromatic nitrogens is 1. The molecule has 1 heterocycles. The zero-order valence-corrected chi connectivity index (χ0v) is 34.7. The lowest BCUT2D eigenvalue weighted by Gasteiger charge is -2.41. The Morgan fingerprint density at radius 1 is 0.879 bits per heavy atom. The van der Waals surface area contributed by atoms with Gasteiger partial charge in [0.2, 0.25) is 29.5 Å². The van der Waals surface area contributed by atoms with Crippen LogP contribution in [-0.4, -0.2) is 88.5 Å². The van der Waals surface area contributed by atoms with Crippen LogP contribution in [-0.2, 0) is 30.5 Å². The van der Waals surface area contributed by atoms with Crippen molar-refractivity contribution < 1.29 is 37.9 Å². The van der Waals surface area contributed by atoms with E-state index < -0.39 is 71.5 Å². The first kappa shape index (κ1) is 47.2. The zero-order chi connectivity index (χ0) is 43.2. The molecule has 0 aliphatic carbocycles. The van der Waals surface area contributed by atoms with Gasteiger partial charge in [-0.15, -0.1) is 0 Å². The molecule has 0 radical (unpaired) electrons. The summed E-state index contributed by atoms with van der Waals surface area (Å²) in [6.45, 7) is 12.4. The third kappa shape index (κ3) is 13.8. The summed E-state index contributed by atoms with van der Waals surface area (Å²) in [6.07, 6.45) is 3.63. The third-order valence-corrected chi connectivity index (χ3v) is 9.75. The van der Waals surface area contributed by atoms with Crippen LogP contribution in [0.1, 0.15) is 91.4 Å². The van der Waals surface area contributed by atoms with Crippen LogP contribution in [0.5, 0.6) is 0 Å². The number of rotatable bonds is 21. The molecule has 0 saturated heterocycles. The molecular weight excluding hydrogens is 749 g/mol. The topological polar surface area (TPSA) is 188 Å². The van der Waals surface area contributed by atoms with E-state index in [1.54, 1.807) is 31.0 Å². The number of nitrogens with two attached hydrogens (primary N) is 1. The Kier molecular flexibility index (Phi) is 18.0. The van der Waals surface area contributed by atoms with Gasteiger partial charge in [0.1, 0.15) is 36.4 Å². The number of carbonyl (C=O) groups is 5. The molecule has 5 amide bonds. The second-order valence-corrected chi connectivity index (χ2v) is 16.0. The van der Waals surface area contributed by atoms with Crippen LogP contribution < -0.4 is 27.0 Å². The molecule has 3 rings (SSSR count). The van der Waals surface area contributed by atoms with Crippen molar-refractivity contribution in [2.45, 2.75) is 105 Å². The molecule has 0 aliphatic heterocycles. The summed E-state index contributed by atoms with van der Waals surface area (Å²) >= 11 is 0. The molecule has 7 N–H and O–H groups in total. The van der Waals surface area contributed by atoms with E-state index in [0.29, 0.717) is 43.6 Å². The predicted octanol–water partition coefficient (Wildman–Crippen LogP) is 4.18. The highest BCUT2D eigenvalue weighted by molar-refractivity contribution is 5.94. The van der Waals surface area contributed by atoms with Crippen LogP contribution in [0, 0.1) is 23.0 Å². The number of halogens is 2. The van der Waals surface area contributed by atoms with Gasteiger partial charge in [-0.1, -0.05) is 65.0 Å². The van der Waals surface area contributed by atoms with E-state index in [4.69, 9.17) is 5.73 Å². The second-order valence-electron chi connectivity index (χ2n) is 16.0. The van der Waals surface area contributed by atoms with Gasteiger partial charge < -0.3 is 41.6 Å². The molecule has 0 spiro atoms. The molecule has 58 heavy (non-hydrogen) atoms. The lowest BCUT2D eigenvalue weighted by molar-refractivity contribution is -0.139. The normalized spacial score (nSPS) is 13.6. The first-order valence-electron chi connectivity index (χ1n) is 19.8. The van der Waals surface area contributed by atoms with Gasteiger partial charge in [0, 0.05) is 49.6 Å². The molecule has 318 valence electrons. The van der Waals surface area contributed by atoms with Crippen molar-refractivity contribution in [1.82, 2.24) is 30.7 Å². The molecule has 1 aromatic heterocycles. The number of hydrogen-bond acceptors (Lipinski definition) is 7. The fourth-order valence-electron chi connectivity index (χ4n) is 6.88. The average molecular weight is 810 g/mol. The fourth-order valence-corrected chi connectivity index (χ4v) is 6.88. The van der Waals surface area contributed by atoms with Crippen LogP contribution in [0.15, 0.2) is 60.8 Å². The highest BCUT2D eigenvalue weighted by atomic mass is 19.1. The molecule has 13 nitrogen and oxygen atoms in total. The summed E-state index contributed by atoms with van der Waals surface area (Å²) in [5.41, 5.74) is 7.03. The average Bonchev–Trinajstić information content (AvgIpc) is 3.56. The molecule has 0 fully saturated rings. The minimum atomic E-state index is -0.986. The SMILES string of the molecule is CC(=O)N[C@@H](CCCCN)C(=O)NC(C(=O)N[C@@H](C)C(=O)NCCCN(C(=O)CO)[C@@H](c1cc(-c2cc(F)ccc2F)cn1Cc1ccccc1)C(C)(C)C)C(C)C. The molecule has 2 aromatic carbocycles. The number of benzene rings is 2. The van der Waals surface area contributed by atoms with Gasteiger partial charge >= 0.3 is 0 Å². The summed E-state index contributed by atoms with van der Waals surface area (Å²) in [5, 5.41) is 20.9. The van der Waals surface area contributed by atoms with Gasteiger partial charge in [-0.25, -0.2) is 8.78 Å². The maximum atomic E-state index is 15.1. The Labute approximate surface area is 340 Å².